The van der Waals surface area contributed by atoms with Crippen molar-refractivity contribution in [1.82, 2.24) is 10.6 Å². The molecule has 0 bridgehead atoms. The van der Waals surface area contributed by atoms with Gasteiger partial charge in [-0.15, -0.1) is 0 Å². The van der Waals surface area contributed by atoms with Crippen LogP contribution >= 0.6 is 0 Å². The summed E-state index contributed by atoms with van der Waals surface area (Å²) in [7, 11) is 0. The van der Waals surface area contributed by atoms with Gasteiger partial charge in [0.05, 0.1) is 6.54 Å². The molecule has 0 fully saturated rings. The molecule has 0 rings (SSSR count). The molecule has 1 amide bonds. The molecule has 0 aromatic rings. The van der Waals surface area contributed by atoms with E-state index in [1.165, 1.54) is 0 Å². The summed E-state index contributed by atoms with van der Waals surface area (Å²) in [6.45, 7) is 10.5. The molecule has 2 N–H and O–H groups in total. The summed E-state index contributed by atoms with van der Waals surface area (Å²) in [5.74, 6) is 0.0865. The Morgan fingerprint density at radius 2 is 1.92 bits per heavy atom. The fourth-order valence-electron chi connectivity index (χ4n) is 0.805. The van der Waals surface area contributed by atoms with Crippen LogP contribution in [0, 0.1) is 5.41 Å². The van der Waals surface area contributed by atoms with E-state index < -0.39 is 0 Å². The van der Waals surface area contributed by atoms with Gasteiger partial charge in [-0.25, -0.2) is 0 Å². The van der Waals surface area contributed by atoms with Gasteiger partial charge in [0, 0.05) is 6.54 Å². The van der Waals surface area contributed by atoms with E-state index in [4.69, 9.17) is 0 Å². The van der Waals surface area contributed by atoms with Crippen molar-refractivity contribution in [3.05, 3.63) is 0 Å². The number of hydrogen-bond donors (Lipinski definition) is 2. The van der Waals surface area contributed by atoms with Crippen molar-refractivity contribution in [1.29, 1.82) is 0 Å². The van der Waals surface area contributed by atoms with Crippen LogP contribution < -0.4 is 10.6 Å². The van der Waals surface area contributed by atoms with Crippen molar-refractivity contribution in [2.24, 2.45) is 5.41 Å². The van der Waals surface area contributed by atoms with Crippen molar-refractivity contribution in [3.8, 4) is 0 Å². The molecule has 0 aromatic carbocycles. The zero-order valence-electron chi connectivity index (χ0n) is 9.24. The van der Waals surface area contributed by atoms with Crippen molar-refractivity contribution in [3.63, 3.8) is 0 Å². The first kappa shape index (κ1) is 12.4. The molecule has 0 saturated carbocycles. The molecule has 0 unspecified atom stereocenters. The third-order valence-corrected chi connectivity index (χ3v) is 1.53. The lowest BCUT2D eigenvalue weighted by atomic mass is 9.97. The van der Waals surface area contributed by atoms with E-state index in [9.17, 15) is 4.79 Å². The van der Waals surface area contributed by atoms with Crippen LogP contribution in [0.3, 0.4) is 0 Å². The van der Waals surface area contributed by atoms with Crippen LogP contribution in [0.25, 0.3) is 0 Å². The van der Waals surface area contributed by atoms with Gasteiger partial charge in [-0.1, -0.05) is 27.7 Å². The Labute approximate surface area is 81.3 Å². The van der Waals surface area contributed by atoms with E-state index in [1.807, 2.05) is 0 Å². The first-order chi connectivity index (χ1) is 5.95. The summed E-state index contributed by atoms with van der Waals surface area (Å²) < 4.78 is 0. The first-order valence-electron chi connectivity index (χ1n) is 4.93. The maximum absolute atomic E-state index is 11.2. The number of nitrogens with one attached hydrogen (secondary N) is 2. The number of rotatable bonds is 5. The SMILES string of the molecule is CCCNCC(=O)NCC(C)(C)C. The first-order valence-corrected chi connectivity index (χ1v) is 4.93. The predicted octanol–water partition coefficient (Wildman–Crippen LogP) is 1.15. The molecule has 0 spiro atoms. The van der Waals surface area contributed by atoms with Crippen LogP contribution in [0.15, 0.2) is 0 Å². The Hall–Kier alpha value is -0.570. The zero-order valence-corrected chi connectivity index (χ0v) is 9.24. The van der Waals surface area contributed by atoms with Crippen molar-refractivity contribution in [2.75, 3.05) is 19.6 Å². The fraction of sp³-hybridized carbons (Fsp3) is 0.900. The summed E-state index contributed by atoms with van der Waals surface area (Å²) in [6, 6.07) is 0. The highest BCUT2D eigenvalue weighted by Crippen LogP contribution is 2.09. The Morgan fingerprint density at radius 1 is 1.31 bits per heavy atom. The van der Waals surface area contributed by atoms with Crippen molar-refractivity contribution < 1.29 is 4.79 Å². The minimum Gasteiger partial charge on any atom is -0.354 e. The summed E-state index contributed by atoms with van der Waals surface area (Å²) >= 11 is 0. The van der Waals surface area contributed by atoms with E-state index in [-0.39, 0.29) is 11.3 Å². The van der Waals surface area contributed by atoms with Gasteiger partial charge in [-0.2, -0.15) is 0 Å². The average Bonchev–Trinajstić information content (AvgIpc) is 2.00. The summed E-state index contributed by atoms with van der Waals surface area (Å²) in [6.07, 6.45) is 1.06. The van der Waals surface area contributed by atoms with E-state index in [0.29, 0.717) is 6.54 Å². The normalized spacial score (nSPS) is 11.4. The topological polar surface area (TPSA) is 41.1 Å². The second-order valence-corrected chi connectivity index (χ2v) is 4.51. The molecule has 3 nitrogen and oxygen atoms in total. The molecule has 78 valence electrons. The van der Waals surface area contributed by atoms with Crippen LogP contribution in [-0.2, 0) is 4.79 Å². The van der Waals surface area contributed by atoms with Gasteiger partial charge < -0.3 is 10.6 Å². The third-order valence-electron chi connectivity index (χ3n) is 1.53. The quantitative estimate of drug-likeness (QED) is 0.632. The molecule has 0 aliphatic carbocycles. The number of carbonyl (C=O) groups is 1. The molecule has 0 radical (unpaired) electrons. The van der Waals surface area contributed by atoms with Crippen molar-refractivity contribution >= 4 is 5.91 Å². The number of amides is 1. The fourth-order valence-corrected chi connectivity index (χ4v) is 0.805. The van der Waals surface area contributed by atoms with E-state index in [2.05, 4.69) is 38.3 Å². The lowest BCUT2D eigenvalue weighted by Crippen LogP contribution is -2.38. The Balaban J connectivity index is 3.41. The number of hydrogen-bond acceptors (Lipinski definition) is 2. The lowest BCUT2D eigenvalue weighted by Gasteiger charge is -2.18. The highest BCUT2D eigenvalue weighted by Gasteiger charge is 2.10. The van der Waals surface area contributed by atoms with Crippen LogP contribution in [0.4, 0.5) is 0 Å². The second kappa shape index (κ2) is 5.97. The lowest BCUT2D eigenvalue weighted by molar-refractivity contribution is -0.120. The van der Waals surface area contributed by atoms with E-state index in [0.717, 1.165) is 19.5 Å². The standard InChI is InChI=1S/C10H22N2O/c1-5-6-11-7-9(13)12-8-10(2,3)4/h11H,5-8H2,1-4H3,(H,12,13). The van der Waals surface area contributed by atoms with E-state index >= 15 is 0 Å². The van der Waals surface area contributed by atoms with Gasteiger partial charge in [0.2, 0.25) is 5.91 Å². The minimum atomic E-state index is 0.0865. The van der Waals surface area contributed by atoms with Gasteiger partial charge in [-0.05, 0) is 18.4 Å². The maximum atomic E-state index is 11.2. The highest BCUT2D eigenvalue weighted by molar-refractivity contribution is 5.77. The van der Waals surface area contributed by atoms with Crippen molar-refractivity contribution in [2.45, 2.75) is 34.1 Å². The van der Waals surface area contributed by atoms with Gasteiger partial charge in [0.1, 0.15) is 0 Å². The molecule has 0 aliphatic rings. The molecule has 0 heterocycles. The largest absolute Gasteiger partial charge is 0.354 e. The molecule has 0 atom stereocenters. The van der Waals surface area contributed by atoms with Gasteiger partial charge in [0.15, 0.2) is 0 Å². The van der Waals surface area contributed by atoms with Crippen LogP contribution in [0.5, 0.6) is 0 Å². The molecule has 0 aliphatic heterocycles. The monoisotopic (exact) mass is 186 g/mol. The zero-order chi connectivity index (χ0) is 10.3. The molecular weight excluding hydrogens is 164 g/mol. The summed E-state index contributed by atoms with van der Waals surface area (Å²) in [5, 5.41) is 5.94. The maximum Gasteiger partial charge on any atom is 0.233 e. The van der Waals surface area contributed by atoms with Gasteiger partial charge in [-0.3, -0.25) is 4.79 Å². The smallest absolute Gasteiger partial charge is 0.233 e. The molecule has 3 heteroatoms. The summed E-state index contributed by atoms with van der Waals surface area (Å²) in [4.78, 5) is 11.2. The third kappa shape index (κ3) is 9.34. The molecule has 0 saturated heterocycles. The van der Waals surface area contributed by atoms with Crippen LogP contribution in [0.1, 0.15) is 34.1 Å². The number of carbonyl (C=O) groups excluding carboxylic acids is 1. The Morgan fingerprint density at radius 3 is 2.38 bits per heavy atom. The van der Waals surface area contributed by atoms with Gasteiger partial charge in [0.25, 0.3) is 0 Å². The minimum absolute atomic E-state index is 0.0865. The molecule has 13 heavy (non-hydrogen) atoms. The Kier molecular flexibility index (Phi) is 5.71. The molecule has 0 aromatic heterocycles. The predicted molar refractivity (Wildman–Crippen MR) is 55.6 cm³/mol. The molecular formula is C10H22N2O. The van der Waals surface area contributed by atoms with E-state index in [1.54, 1.807) is 0 Å². The summed E-state index contributed by atoms with van der Waals surface area (Å²) in [5.41, 5.74) is 0.167. The average molecular weight is 186 g/mol. The second-order valence-electron chi connectivity index (χ2n) is 4.51. The highest BCUT2D eigenvalue weighted by atomic mass is 16.1. The van der Waals surface area contributed by atoms with Crippen LogP contribution in [0.2, 0.25) is 0 Å². The Bertz CT molecular complexity index is 149. The van der Waals surface area contributed by atoms with Crippen LogP contribution in [-0.4, -0.2) is 25.5 Å². The van der Waals surface area contributed by atoms with Gasteiger partial charge >= 0.3 is 0 Å².